The number of aryl methyl sites for hydroxylation is 2. The summed E-state index contributed by atoms with van der Waals surface area (Å²) in [7, 11) is 0. The normalized spacial score (nSPS) is 11.3. The van der Waals surface area contributed by atoms with Crippen LogP contribution in [0, 0.1) is 25.2 Å². The molecule has 0 radical (unpaired) electrons. The van der Waals surface area contributed by atoms with E-state index in [-0.39, 0.29) is 11.1 Å². The van der Waals surface area contributed by atoms with Gasteiger partial charge in [0.15, 0.2) is 0 Å². The van der Waals surface area contributed by atoms with Crippen LogP contribution >= 0.6 is 0 Å². The number of fused-ring (bicyclic) bond motifs is 1. The van der Waals surface area contributed by atoms with E-state index in [0.717, 1.165) is 22.2 Å². The molecule has 0 aliphatic rings. The SMILES string of the molecule is Cc1cccc(C)c1NC(=O)C(C#N)=Cc1cn(-c2ccccc2)nc1-c1cc2ccccc2oc1=O. The first-order chi connectivity index (χ1) is 17.9. The van der Waals surface area contributed by atoms with Gasteiger partial charge in [-0.2, -0.15) is 10.4 Å². The summed E-state index contributed by atoms with van der Waals surface area (Å²) in [6, 6.07) is 25.9. The van der Waals surface area contributed by atoms with Crippen molar-refractivity contribution in [3.05, 3.63) is 118 Å². The Morgan fingerprint density at radius 1 is 1.00 bits per heavy atom. The second-order valence-corrected chi connectivity index (χ2v) is 8.59. The molecule has 1 amide bonds. The monoisotopic (exact) mass is 486 g/mol. The molecule has 180 valence electrons. The van der Waals surface area contributed by atoms with Crippen molar-refractivity contribution in [2.24, 2.45) is 0 Å². The van der Waals surface area contributed by atoms with Gasteiger partial charge in [-0.15, -0.1) is 0 Å². The number of rotatable bonds is 5. The van der Waals surface area contributed by atoms with Gasteiger partial charge in [-0.3, -0.25) is 4.79 Å². The Balaban J connectivity index is 1.64. The molecular weight excluding hydrogens is 464 g/mol. The Hall–Kier alpha value is -5.22. The number of nitriles is 1. The molecule has 7 heteroatoms. The van der Waals surface area contributed by atoms with Crippen LogP contribution in [-0.2, 0) is 4.79 Å². The fourth-order valence-electron chi connectivity index (χ4n) is 4.14. The number of carbonyl (C=O) groups is 1. The third kappa shape index (κ3) is 4.68. The third-order valence-electron chi connectivity index (χ3n) is 6.04. The smallest absolute Gasteiger partial charge is 0.345 e. The summed E-state index contributed by atoms with van der Waals surface area (Å²) in [6.45, 7) is 3.78. The molecule has 0 saturated carbocycles. The summed E-state index contributed by atoms with van der Waals surface area (Å²) in [6.07, 6.45) is 3.13. The van der Waals surface area contributed by atoms with Gasteiger partial charge in [0, 0.05) is 22.8 Å². The van der Waals surface area contributed by atoms with E-state index in [9.17, 15) is 14.9 Å². The molecule has 0 atom stereocenters. The van der Waals surface area contributed by atoms with Crippen molar-refractivity contribution in [2.75, 3.05) is 5.32 Å². The van der Waals surface area contributed by atoms with Crippen molar-refractivity contribution in [3.63, 3.8) is 0 Å². The molecule has 0 fully saturated rings. The van der Waals surface area contributed by atoms with Crippen molar-refractivity contribution in [1.82, 2.24) is 9.78 Å². The van der Waals surface area contributed by atoms with E-state index in [1.54, 1.807) is 29.1 Å². The lowest BCUT2D eigenvalue weighted by Crippen LogP contribution is -2.15. The lowest BCUT2D eigenvalue weighted by molar-refractivity contribution is -0.112. The minimum absolute atomic E-state index is 0.123. The van der Waals surface area contributed by atoms with Crippen molar-refractivity contribution in [1.29, 1.82) is 5.26 Å². The summed E-state index contributed by atoms with van der Waals surface area (Å²) in [5, 5.41) is 18.1. The van der Waals surface area contributed by atoms with E-state index in [1.165, 1.54) is 6.08 Å². The molecule has 0 bridgehead atoms. The first kappa shape index (κ1) is 23.5. The number of aromatic nitrogens is 2. The molecule has 5 aromatic rings. The molecule has 0 saturated heterocycles. The minimum atomic E-state index is -0.565. The summed E-state index contributed by atoms with van der Waals surface area (Å²) in [4.78, 5) is 26.1. The molecule has 37 heavy (non-hydrogen) atoms. The van der Waals surface area contributed by atoms with Gasteiger partial charge < -0.3 is 9.73 Å². The van der Waals surface area contributed by atoms with E-state index in [0.29, 0.717) is 22.5 Å². The molecule has 0 spiro atoms. The largest absolute Gasteiger partial charge is 0.422 e. The number of para-hydroxylation sites is 3. The molecular formula is C30H22N4O3. The van der Waals surface area contributed by atoms with E-state index in [2.05, 4.69) is 10.4 Å². The van der Waals surface area contributed by atoms with Gasteiger partial charge in [-0.25, -0.2) is 9.48 Å². The summed E-state index contributed by atoms with van der Waals surface area (Å²) < 4.78 is 7.14. The summed E-state index contributed by atoms with van der Waals surface area (Å²) in [5.74, 6) is -0.552. The number of hydrogen-bond acceptors (Lipinski definition) is 5. The number of amides is 1. The van der Waals surface area contributed by atoms with Crippen LogP contribution in [0.3, 0.4) is 0 Å². The highest BCUT2D eigenvalue weighted by atomic mass is 16.4. The maximum Gasteiger partial charge on any atom is 0.345 e. The van der Waals surface area contributed by atoms with E-state index in [1.807, 2.05) is 80.6 Å². The Labute approximate surface area is 212 Å². The molecule has 0 unspecified atom stereocenters. The van der Waals surface area contributed by atoms with Crippen LogP contribution in [0.25, 0.3) is 34.0 Å². The van der Waals surface area contributed by atoms with Gasteiger partial charge in [-0.1, -0.05) is 54.6 Å². The maximum atomic E-state index is 13.1. The van der Waals surface area contributed by atoms with Crippen LogP contribution in [0.4, 0.5) is 5.69 Å². The fourth-order valence-corrected chi connectivity index (χ4v) is 4.14. The molecule has 5 rings (SSSR count). The van der Waals surface area contributed by atoms with Crippen molar-refractivity contribution >= 4 is 28.6 Å². The zero-order valence-corrected chi connectivity index (χ0v) is 20.2. The van der Waals surface area contributed by atoms with Crippen LogP contribution < -0.4 is 10.9 Å². The Kier molecular flexibility index (Phi) is 6.23. The Morgan fingerprint density at radius 2 is 1.70 bits per heavy atom. The van der Waals surface area contributed by atoms with Crippen LogP contribution in [-0.4, -0.2) is 15.7 Å². The van der Waals surface area contributed by atoms with Crippen molar-refractivity contribution in [2.45, 2.75) is 13.8 Å². The van der Waals surface area contributed by atoms with Gasteiger partial charge in [0.1, 0.15) is 22.9 Å². The zero-order valence-electron chi connectivity index (χ0n) is 20.2. The Morgan fingerprint density at radius 3 is 2.43 bits per heavy atom. The number of nitrogens with zero attached hydrogens (tertiary/aromatic N) is 3. The third-order valence-corrected chi connectivity index (χ3v) is 6.04. The predicted molar refractivity (Wildman–Crippen MR) is 143 cm³/mol. The first-order valence-corrected chi connectivity index (χ1v) is 11.6. The summed E-state index contributed by atoms with van der Waals surface area (Å²) in [5.41, 5.74) is 3.92. The molecule has 2 heterocycles. The van der Waals surface area contributed by atoms with Crippen molar-refractivity contribution in [3.8, 4) is 23.0 Å². The van der Waals surface area contributed by atoms with Crippen LogP contribution in [0.2, 0.25) is 0 Å². The average Bonchev–Trinajstić information content (AvgIpc) is 3.33. The van der Waals surface area contributed by atoms with Crippen LogP contribution in [0.15, 0.2) is 99.8 Å². The van der Waals surface area contributed by atoms with Crippen molar-refractivity contribution < 1.29 is 9.21 Å². The lowest BCUT2D eigenvalue weighted by Gasteiger charge is -2.10. The molecule has 7 nitrogen and oxygen atoms in total. The number of carbonyl (C=O) groups excluding carboxylic acids is 1. The second-order valence-electron chi connectivity index (χ2n) is 8.59. The number of nitrogens with one attached hydrogen (secondary N) is 1. The van der Waals surface area contributed by atoms with Crippen LogP contribution in [0.5, 0.6) is 0 Å². The van der Waals surface area contributed by atoms with Gasteiger partial charge in [0.05, 0.1) is 11.3 Å². The highest BCUT2D eigenvalue weighted by Crippen LogP contribution is 2.27. The van der Waals surface area contributed by atoms with E-state index in [4.69, 9.17) is 4.42 Å². The van der Waals surface area contributed by atoms with E-state index < -0.39 is 11.5 Å². The molecule has 3 aromatic carbocycles. The molecule has 2 aromatic heterocycles. The number of hydrogen-bond donors (Lipinski definition) is 1. The lowest BCUT2D eigenvalue weighted by atomic mass is 10.1. The Bertz CT molecular complexity index is 1750. The standard InChI is InChI=1S/C30H22N4O3/c1-19-9-8-10-20(2)27(19)32-29(35)22(17-31)15-23-18-34(24-12-4-3-5-13-24)33-28(23)25-16-21-11-6-7-14-26(21)37-30(25)36/h3-16,18H,1-2H3,(H,32,35). The quantitative estimate of drug-likeness (QED) is 0.192. The van der Waals surface area contributed by atoms with Gasteiger partial charge in [0.25, 0.3) is 5.91 Å². The molecule has 1 N–H and O–H groups in total. The topological polar surface area (TPSA) is 101 Å². The highest BCUT2D eigenvalue weighted by molar-refractivity contribution is 6.10. The predicted octanol–water partition coefficient (Wildman–Crippen LogP) is 5.81. The second kappa shape index (κ2) is 9.80. The molecule has 0 aliphatic carbocycles. The fraction of sp³-hybridized carbons (Fsp3) is 0.0667. The highest BCUT2D eigenvalue weighted by Gasteiger charge is 2.19. The maximum absolute atomic E-state index is 13.1. The minimum Gasteiger partial charge on any atom is -0.422 e. The molecule has 0 aliphatic heterocycles. The number of benzene rings is 3. The zero-order chi connectivity index (χ0) is 25.9. The number of anilines is 1. The van der Waals surface area contributed by atoms with Gasteiger partial charge >= 0.3 is 5.63 Å². The van der Waals surface area contributed by atoms with Gasteiger partial charge in [-0.05, 0) is 55.3 Å². The first-order valence-electron chi connectivity index (χ1n) is 11.6. The average molecular weight is 487 g/mol. The van der Waals surface area contributed by atoms with E-state index >= 15 is 0 Å². The summed E-state index contributed by atoms with van der Waals surface area (Å²) >= 11 is 0. The van der Waals surface area contributed by atoms with Crippen LogP contribution in [0.1, 0.15) is 16.7 Å². The van der Waals surface area contributed by atoms with Gasteiger partial charge in [0.2, 0.25) is 0 Å².